The zero-order valence-corrected chi connectivity index (χ0v) is 21.3. The summed E-state index contributed by atoms with van der Waals surface area (Å²) in [6.07, 6.45) is 1.73. The molecule has 182 valence electrons. The lowest BCUT2D eigenvalue weighted by Crippen LogP contribution is -2.10. The molecule has 1 aromatic heterocycles. The second-order valence-electron chi connectivity index (χ2n) is 8.34. The molecule has 0 spiro atoms. The Bertz CT molecular complexity index is 1390. The van der Waals surface area contributed by atoms with Crippen molar-refractivity contribution in [3.8, 4) is 11.8 Å². The Kier molecular flexibility index (Phi) is 8.27. The summed E-state index contributed by atoms with van der Waals surface area (Å²) in [5.74, 6) is 0.186. The Balaban J connectivity index is 1.52. The maximum Gasteiger partial charge on any atom is 0.214 e. The van der Waals surface area contributed by atoms with E-state index in [2.05, 4.69) is 21.8 Å². The van der Waals surface area contributed by atoms with Crippen molar-refractivity contribution in [1.29, 1.82) is 5.26 Å². The van der Waals surface area contributed by atoms with Crippen LogP contribution in [0.25, 0.3) is 5.69 Å². The minimum atomic E-state index is -0.298. The minimum absolute atomic E-state index is 0.112. The van der Waals surface area contributed by atoms with Crippen LogP contribution in [0.2, 0.25) is 10.0 Å². The van der Waals surface area contributed by atoms with Crippen LogP contribution in [-0.4, -0.2) is 28.7 Å². The molecular formula is C28H25Cl2N5O. The average Bonchev–Trinajstić information content (AvgIpc) is 3.25. The highest BCUT2D eigenvalue weighted by Gasteiger charge is 2.25. The predicted molar refractivity (Wildman–Crippen MR) is 146 cm³/mol. The Morgan fingerprint density at radius 3 is 2.31 bits per heavy atom. The van der Waals surface area contributed by atoms with Gasteiger partial charge in [0.1, 0.15) is 17.5 Å². The van der Waals surface area contributed by atoms with Gasteiger partial charge in [-0.2, -0.15) is 10.4 Å². The van der Waals surface area contributed by atoms with Gasteiger partial charge in [-0.3, -0.25) is 4.79 Å². The molecule has 36 heavy (non-hydrogen) atoms. The van der Waals surface area contributed by atoms with E-state index in [1.165, 1.54) is 0 Å². The van der Waals surface area contributed by atoms with Crippen molar-refractivity contribution >= 4 is 40.5 Å². The molecule has 0 amide bonds. The maximum absolute atomic E-state index is 13.3. The molecular weight excluding hydrogens is 493 g/mol. The highest BCUT2D eigenvalue weighted by atomic mass is 35.5. The van der Waals surface area contributed by atoms with Crippen molar-refractivity contribution < 1.29 is 4.79 Å². The van der Waals surface area contributed by atoms with Gasteiger partial charge in [0.05, 0.1) is 5.69 Å². The second kappa shape index (κ2) is 11.8. The quantitative estimate of drug-likeness (QED) is 0.176. The molecule has 8 heteroatoms. The molecule has 0 bridgehead atoms. The number of hydrogen-bond acceptors (Lipinski definition) is 5. The summed E-state index contributed by atoms with van der Waals surface area (Å²) in [7, 11) is 0. The van der Waals surface area contributed by atoms with E-state index in [1.54, 1.807) is 41.1 Å². The third kappa shape index (κ3) is 6.06. The molecule has 0 aliphatic carbocycles. The first-order valence-electron chi connectivity index (χ1n) is 11.6. The number of carbonyl (C=O) groups is 1. The van der Waals surface area contributed by atoms with E-state index in [0.29, 0.717) is 33.7 Å². The molecule has 0 aliphatic heterocycles. The molecule has 2 N–H and O–H groups in total. The smallest absolute Gasteiger partial charge is 0.214 e. The Hall–Kier alpha value is -3.79. The summed E-state index contributed by atoms with van der Waals surface area (Å²) in [5.41, 5.74) is 3.53. The van der Waals surface area contributed by atoms with Gasteiger partial charge in [0.2, 0.25) is 5.78 Å². The van der Waals surface area contributed by atoms with Crippen LogP contribution in [-0.2, 0) is 0 Å². The molecule has 0 radical (unpaired) electrons. The van der Waals surface area contributed by atoms with E-state index in [-0.39, 0.29) is 17.0 Å². The van der Waals surface area contributed by atoms with Crippen molar-refractivity contribution in [3.63, 3.8) is 0 Å². The van der Waals surface area contributed by atoms with Crippen molar-refractivity contribution in [3.05, 3.63) is 105 Å². The number of nitrogens with one attached hydrogen (secondary N) is 2. The summed E-state index contributed by atoms with van der Waals surface area (Å²) < 4.78 is 1.60. The SMILES string of the molecule is Cc1ccc(C(=O)c2nn(-c3ccc(Cl)cc3)c(NCCCCNc3cccc(Cl)c3)c2C#N)cc1. The number of hydrogen-bond donors (Lipinski definition) is 2. The van der Waals surface area contributed by atoms with Crippen LogP contribution < -0.4 is 10.6 Å². The first kappa shape index (κ1) is 25.3. The fourth-order valence-electron chi connectivity index (χ4n) is 3.74. The first-order chi connectivity index (χ1) is 17.5. The number of ketones is 1. The van der Waals surface area contributed by atoms with Gasteiger partial charge < -0.3 is 10.6 Å². The number of carbonyl (C=O) groups excluding carboxylic acids is 1. The molecule has 0 atom stereocenters. The highest BCUT2D eigenvalue weighted by molar-refractivity contribution is 6.31. The average molecular weight is 518 g/mol. The lowest BCUT2D eigenvalue weighted by Gasteiger charge is -2.11. The van der Waals surface area contributed by atoms with Crippen LogP contribution >= 0.6 is 23.2 Å². The Morgan fingerprint density at radius 2 is 1.64 bits per heavy atom. The van der Waals surface area contributed by atoms with Gasteiger partial charge >= 0.3 is 0 Å². The van der Waals surface area contributed by atoms with Crippen LogP contribution in [0.5, 0.6) is 0 Å². The summed E-state index contributed by atoms with van der Waals surface area (Å²) in [6.45, 7) is 3.33. The van der Waals surface area contributed by atoms with E-state index in [1.807, 2.05) is 43.3 Å². The van der Waals surface area contributed by atoms with Gasteiger partial charge in [0.25, 0.3) is 0 Å². The van der Waals surface area contributed by atoms with E-state index < -0.39 is 0 Å². The van der Waals surface area contributed by atoms with Crippen LogP contribution in [0, 0.1) is 18.3 Å². The Morgan fingerprint density at radius 1 is 0.944 bits per heavy atom. The third-order valence-corrected chi connectivity index (χ3v) is 6.13. The van der Waals surface area contributed by atoms with Crippen LogP contribution in [0.4, 0.5) is 11.5 Å². The molecule has 0 aliphatic rings. The molecule has 0 fully saturated rings. The number of aromatic nitrogens is 2. The molecule has 0 saturated carbocycles. The fraction of sp³-hybridized carbons (Fsp3) is 0.179. The molecule has 3 aromatic carbocycles. The van der Waals surface area contributed by atoms with Crippen LogP contribution in [0.1, 0.15) is 40.0 Å². The lowest BCUT2D eigenvalue weighted by atomic mass is 10.0. The van der Waals surface area contributed by atoms with E-state index >= 15 is 0 Å². The van der Waals surface area contributed by atoms with Crippen molar-refractivity contribution in [2.75, 3.05) is 23.7 Å². The third-order valence-electron chi connectivity index (χ3n) is 5.65. The Labute approximate surface area is 220 Å². The number of nitriles is 1. The van der Waals surface area contributed by atoms with E-state index in [9.17, 15) is 10.1 Å². The van der Waals surface area contributed by atoms with E-state index in [4.69, 9.17) is 23.2 Å². The van der Waals surface area contributed by atoms with Crippen molar-refractivity contribution in [2.45, 2.75) is 19.8 Å². The van der Waals surface area contributed by atoms with Gasteiger partial charge in [-0.15, -0.1) is 0 Å². The van der Waals surface area contributed by atoms with E-state index in [0.717, 1.165) is 30.6 Å². The van der Waals surface area contributed by atoms with Gasteiger partial charge in [-0.25, -0.2) is 4.68 Å². The van der Waals surface area contributed by atoms with Crippen LogP contribution in [0.15, 0.2) is 72.8 Å². The molecule has 0 saturated heterocycles. The largest absolute Gasteiger partial charge is 0.385 e. The number of anilines is 2. The summed E-state index contributed by atoms with van der Waals surface area (Å²) in [4.78, 5) is 13.3. The number of nitrogens with zero attached hydrogens (tertiary/aromatic N) is 3. The standard InChI is InChI=1S/C28H25Cl2N5O/c1-19-7-9-20(10-8-19)27(36)26-25(18-31)28(35(34-26)24-13-11-21(29)12-14-24)33-16-3-2-15-32-23-6-4-5-22(30)17-23/h4-14,17,32-33H,2-3,15-16H2,1H3. The van der Waals surface area contributed by atoms with Gasteiger partial charge in [-0.05, 0) is 62.2 Å². The zero-order valence-electron chi connectivity index (χ0n) is 19.8. The van der Waals surface area contributed by atoms with Crippen molar-refractivity contribution in [1.82, 2.24) is 9.78 Å². The van der Waals surface area contributed by atoms with Gasteiger partial charge in [0.15, 0.2) is 5.69 Å². The summed E-state index contributed by atoms with van der Waals surface area (Å²) in [6, 6.07) is 24.1. The molecule has 0 unspecified atom stereocenters. The van der Waals surface area contributed by atoms with Gasteiger partial charge in [-0.1, -0.05) is 59.1 Å². The number of unbranched alkanes of at least 4 members (excludes halogenated alkanes) is 1. The predicted octanol–water partition coefficient (Wildman–Crippen LogP) is 6.89. The zero-order chi connectivity index (χ0) is 25.5. The molecule has 4 aromatic rings. The second-order valence-corrected chi connectivity index (χ2v) is 9.21. The number of halogens is 2. The lowest BCUT2D eigenvalue weighted by molar-refractivity contribution is 0.103. The van der Waals surface area contributed by atoms with Crippen LogP contribution in [0.3, 0.4) is 0 Å². The normalized spacial score (nSPS) is 10.6. The minimum Gasteiger partial charge on any atom is -0.385 e. The monoisotopic (exact) mass is 517 g/mol. The molecule has 6 nitrogen and oxygen atoms in total. The number of aryl methyl sites for hydroxylation is 1. The maximum atomic E-state index is 13.3. The molecule has 4 rings (SSSR count). The first-order valence-corrected chi connectivity index (χ1v) is 12.4. The van der Waals surface area contributed by atoms with Gasteiger partial charge in [0, 0.05) is 34.4 Å². The topological polar surface area (TPSA) is 82.7 Å². The summed E-state index contributed by atoms with van der Waals surface area (Å²) in [5, 5.41) is 22.5. The summed E-state index contributed by atoms with van der Waals surface area (Å²) >= 11 is 12.1. The fourth-order valence-corrected chi connectivity index (χ4v) is 4.06. The highest BCUT2D eigenvalue weighted by Crippen LogP contribution is 2.26. The molecule has 1 heterocycles. The number of benzene rings is 3. The number of rotatable bonds is 10. The van der Waals surface area contributed by atoms with Crippen molar-refractivity contribution in [2.24, 2.45) is 0 Å².